The topological polar surface area (TPSA) is 61.4 Å². The lowest BCUT2D eigenvalue weighted by Crippen LogP contribution is -2.52. The van der Waals surface area contributed by atoms with Crippen LogP contribution < -0.4 is 10.6 Å². The molecule has 5 nitrogen and oxygen atoms in total. The molecule has 0 bridgehead atoms. The van der Waals surface area contributed by atoms with Gasteiger partial charge in [0.1, 0.15) is 0 Å². The highest BCUT2D eigenvalue weighted by Gasteiger charge is 2.39. The van der Waals surface area contributed by atoms with E-state index in [-0.39, 0.29) is 24.2 Å². The van der Waals surface area contributed by atoms with E-state index in [9.17, 15) is 9.59 Å². The van der Waals surface area contributed by atoms with E-state index < -0.39 is 5.41 Å². The van der Waals surface area contributed by atoms with Gasteiger partial charge >= 0.3 is 0 Å². The zero-order valence-corrected chi connectivity index (χ0v) is 18.4. The highest BCUT2D eigenvalue weighted by molar-refractivity contribution is 5.95. The third-order valence-corrected chi connectivity index (χ3v) is 6.25. The van der Waals surface area contributed by atoms with Gasteiger partial charge in [0.2, 0.25) is 5.91 Å². The van der Waals surface area contributed by atoms with Crippen molar-refractivity contribution in [3.8, 4) is 0 Å². The van der Waals surface area contributed by atoms with Crippen molar-refractivity contribution in [2.75, 3.05) is 26.2 Å². The quantitative estimate of drug-likeness (QED) is 0.542. The van der Waals surface area contributed by atoms with Gasteiger partial charge in [-0.1, -0.05) is 43.9 Å². The molecule has 0 aromatic heterocycles. The van der Waals surface area contributed by atoms with Crippen molar-refractivity contribution in [3.05, 3.63) is 35.9 Å². The summed E-state index contributed by atoms with van der Waals surface area (Å²) in [7, 11) is 0. The molecule has 0 spiro atoms. The highest BCUT2D eigenvalue weighted by Crippen LogP contribution is 2.30. The van der Waals surface area contributed by atoms with Crippen LogP contribution >= 0.6 is 12.4 Å². The molecule has 1 heterocycles. The van der Waals surface area contributed by atoms with Crippen molar-refractivity contribution >= 4 is 24.2 Å². The second-order valence-corrected chi connectivity index (χ2v) is 8.66. The van der Waals surface area contributed by atoms with Gasteiger partial charge in [0.05, 0.1) is 5.41 Å². The Morgan fingerprint density at radius 3 is 2.41 bits per heavy atom. The number of nitrogens with zero attached hydrogens (tertiary/aromatic N) is 1. The Kier molecular flexibility index (Phi) is 9.44. The number of carbonyl (C=O) groups is 2. The zero-order valence-electron chi connectivity index (χ0n) is 17.6. The number of halogens is 1. The molecule has 1 aliphatic carbocycles. The van der Waals surface area contributed by atoms with E-state index in [1.807, 2.05) is 42.2 Å². The predicted octanol–water partition coefficient (Wildman–Crippen LogP) is 3.78. The van der Waals surface area contributed by atoms with Crippen LogP contribution in [0.2, 0.25) is 0 Å². The smallest absolute Gasteiger partial charge is 0.253 e. The van der Waals surface area contributed by atoms with Crippen LogP contribution in [0.15, 0.2) is 30.3 Å². The van der Waals surface area contributed by atoms with E-state index in [0.29, 0.717) is 24.7 Å². The van der Waals surface area contributed by atoms with Gasteiger partial charge in [-0.25, -0.2) is 0 Å². The summed E-state index contributed by atoms with van der Waals surface area (Å²) < 4.78 is 0. The molecule has 1 aromatic rings. The summed E-state index contributed by atoms with van der Waals surface area (Å²) in [5.74, 6) is 0.0927. The van der Waals surface area contributed by atoms with Gasteiger partial charge in [-0.2, -0.15) is 0 Å². The van der Waals surface area contributed by atoms with E-state index in [0.717, 1.165) is 25.9 Å². The number of piperidine rings is 1. The van der Waals surface area contributed by atoms with Crippen LogP contribution in [0.4, 0.5) is 0 Å². The van der Waals surface area contributed by atoms with Gasteiger partial charge in [-0.05, 0) is 44.7 Å². The van der Waals surface area contributed by atoms with E-state index in [4.69, 9.17) is 0 Å². The highest BCUT2D eigenvalue weighted by atomic mass is 35.5. The van der Waals surface area contributed by atoms with Crippen LogP contribution in [0.1, 0.15) is 68.6 Å². The minimum Gasteiger partial charge on any atom is -0.354 e. The first kappa shape index (κ1) is 23.7. The summed E-state index contributed by atoms with van der Waals surface area (Å²) in [6, 6.07) is 9.95. The molecule has 0 radical (unpaired) electrons. The Bertz CT molecular complexity index is 647. The summed E-state index contributed by atoms with van der Waals surface area (Å²) in [5, 5.41) is 6.71. The number of amides is 2. The number of benzene rings is 1. The molecule has 29 heavy (non-hydrogen) atoms. The second-order valence-electron chi connectivity index (χ2n) is 8.66. The second kappa shape index (κ2) is 11.6. The summed E-state index contributed by atoms with van der Waals surface area (Å²) in [4.78, 5) is 27.4. The molecule has 2 amide bonds. The van der Waals surface area contributed by atoms with Gasteiger partial charge in [0, 0.05) is 37.8 Å². The number of nitrogens with one attached hydrogen (secondary N) is 2. The molecule has 1 aliphatic heterocycles. The summed E-state index contributed by atoms with van der Waals surface area (Å²) >= 11 is 0. The van der Waals surface area contributed by atoms with Crippen molar-refractivity contribution in [1.82, 2.24) is 15.5 Å². The number of carbonyl (C=O) groups excluding carboxylic acids is 2. The van der Waals surface area contributed by atoms with Crippen molar-refractivity contribution in [2.24, 2.45) is 5.41 Å². The molecule has 2 aliphatic rings. The molecule has 1 saturated heterocycles. The minimum absolute atomic E-state index is 0. The number of hydrogen-bond acceptors (Lipinski definition) is 3. The van der Waals surface area contributed by atoms with Crippen LogP contribution in [-0.2, 0) is 4.79 Å². The van der Waals surface area contributed by atoms with Gasteiger partial charge in [0.25, 0.3) is 5.91 Å². The maximum atomic E-state index is 12.9. The Morgan fingerprint density at radius 2 is 1.72 bits per heavy atom. The van der Waals surface area contributed by atoms with Crippen LogP contribution in [0, 0.1) is 5.41 Å². The molecule has 1 atom stereocenters. The molecule has 2 fully saturated rings. The average molecular weight is 422 g/mol. The number of likely N-dealkylation sites (tertiary alicyclic amines) is 1. The standard InChI is InChI=1S/C23H35N3O2.ClH/c1-23(22(28)25-16-15-24-20-12-7-2-3-8-13-20)14-9-17-26(18-23)21(27)19-10-5-4-6-11-19;/h4-6,10-11,20,24H,2-3,7-9,12-18H2,1H3,(H,25,28);1H. The molecule has 3 rings (SSSR count). The molecule has 1 saturated carbocycles. The third-order valence-electron chi connectivity index (χ3n) is 6.25. The maximum Gasteiger partial charge on any atom is 0.253 e. The summed E-state index contributed by atoms with van der Waals surface area (Å²) in [5.41, 5.74) is 0.185. The van der Waals surface area contributed by atoms with Crippen LogP contribution in [0.5, 0.6) is 0 Å². The van der Waals surface area contributed by atoms with E-state index >= 15 is 0 Å². The first-order valence-corrected chi connectivity index (χ1v) is 10.9. The molecule has 1 unspecified atom stereocenters. The van der Waals surface area contributed by atoms with Crippen molar-refractivity contribution in [1.29, 1.82) is 0 Å². The van der Waals surface area contributed by atoms with Crippen LogP contribution in [-0.4, -0.2) is 48.9 Å². The normalized spacial score (nSPS) is 23.0. The average Bonchev–Trinajstić information content (AvgIpc) is 3.00. The van der Waals surface area contributed by atoms with E-state index in [1.54, 1.807) is 0 Å². The SMILES string of the molecule is CC1(C(=O)NCCNC2CCCCCC2)CCCN(C(=O)c2ccccc2)C1.Cl. The predicted molar refractivity (Wildman–Crippen MR) is 119 cm³/mol. The van der Waals surface area contributed by atoms with Gasteiger partial charge in [0.15, 0.2) is 0 Å². The maximum absolute atomic E-state index is 12.9. The Labute approximate surface area is 181 Å². The summed E-state index contributed by atoms with van der Waals surface area (Å²) in [6.07, 6.45) is 9.53. The molecule has 6 heteroatoms. The zero-order chi connectivity index (χ0) is 19.8. The Hall–Kier alpha value is -1.59. The first-order valence-electron chi connectivity index (χ1n) is 10.9. The van der Waals surface area contributed by atoms with Crippen molar-refractivity contribution in [2.45, 2.75) is 64.3 Å². The van der Waals surface area contributed by atoms with Crippen LogP contribution in [0.3, 0.4) is 0 Å². The third kappa shape index (κ3) is 6.71. The van der Waals surface area contributed by atoms with Crippen molar-refractivity contribution < 1.29 is 9.59 Å². The lowest BCUT2D eigenvalue weighted by molar-refractivity contribution is -0.132. The number of hydrogen-bond donors (Lipinski definition) is 2. The fourth-order valence-corrected chi connectivity index (χ4v) is 4.51. The fourth-order valence-electron chi connectivity index (χ4n) is 4.51. The molecular weight excluding hydrogens is 386 g/mol. The van der Waals surface area contributed by atoms with E-state index in [2.05, 4.69) is 10.6 Å². The van der Waals surface area contributed by atoms with Crippen molar-refractivity contribution in [3.63, 3.8) is 0 Å². The number of rotatable bonds is 6. The molecular formula is C23H36ClN3O2. The Morgan fingerprint density at radius 1 is 1.03 bits per heavy atom. The molecule has 162 valence electrons. The van der Waals surface area contributed by atoms with Gasteiger partial charge in [-0.15, -0.1) is 12.4 Å². The first-order chi connectivity index (χ1) is 13.6. The van der Waals surface area contributed by atoms with Crippen LogP contribution in [0.25, 0.3) is 0 Å². The lowest BCUT2D eigenvalue weighted by atomic mass is 9.80. The van der Waals surface area contributed by atoms with Gasteiger partial charge < -0.3 is 15.5 Å². The molecule has 2 N–H and O–H groups in total. The van der Waals surface area contributed by atoms with E-state index in [1.165, 1.54) is 38.5 Å². The monoisotopic (exact) mass is 421 g/mol. The largest absolute Gasteiger partial charge is 0.354 e. The minimum atomic E-state index is -0.509. The summed E-state index contributed by atoms with van der Waals surface area (Å²) in [6.45, 7) is 4.67. The fraction of sp³-hybridized carbons (Fsp3) is 0.652. The van der Waals surface area contributed by atoms with Gasteiger partial charge in [-0.3, -0.25) is 9.59 Å². The Balaban J connectivity index is 0.00000300. The lowest BCUT2D eigenvalue weighted by Gasteiger charge is -2.39. The molecule has 1 aromatic carbocycles.